The van der Waals surface area contributed by atoms with Gasteiger partial charge in [0.15, 0.2) is 0 Å². The van der Waals surface area contributed by atoms with Gasteiger partial charge in [-0.15, -0.1) is 0 Å². The van der Waals surface area contributed by atoms with Crippen LogP contribution in [0.1, 0.15) is 50.5 Å². The highest BCUT2D eigenvalue weighted by Gasteiger charge is 2.14. The molecule has 0 radical (unpaired) electrons. The summed E-state index contributed by atoms with van der Waals surface area (Å²) < 4.78 is 16.4. The molecule has 1 aromatic carbocycles. The zero-order valence-electron chi connectivity index (χ0n) is 21.9. The van der Waals surface area contributed by atoms with Crippen LogP contribution in [0.2, 0.25) is 0 Å². The van der Waals surface area contributed by atoms with Crippen molar-refractivity contribution >= 4 is 17.8 Å². The van der Waals surface area contributed by atoms with Crippen LogP contribution in [0.3, 0.4) is 0 Å². The van der Waals surface area contributed by atoms with Gasteiger partial charge in [0.2, 0.25) is 17.8 Å². The molecule has 0 aliphatic heterocycles. The summed E-state index contributed by atoms with van der Waals surface area (Å²) in [6.45, 7) is 4.42. The van der Waals surface area contributed by atoms with Crippen molar-refractivity contribution in [1.82, 2.24) is 20.3 Å². The molecule has 3 rings (SSSR count). The van der Waals surface area contributed by atoms with Crippen LogP contribution < -0.4 is 26.0 Å². The SMILES string of the molecule is CNCCOCCOCCNc1nc(NCc2ccc(OC)cc2)nc(NC2CCCCCCC2)n1. The first kappa shape index (κ1) is 27.9. The number of ether oxygens (including phenoxy) is 3. The van der Waals surface area contributed by atoms with Gasteiger partial charge in [-0.05, 0) is 37.6 Å². The zero-order chi connectivity index (χ0) is 25.3. The molecule has 0 spiro atoms. The predicted molar refractivity (Wildman–Crippen MR) is 144 cm³/mol. The third kappa shape index (κ3) is 10.9. The molecule has 200 valence electrons. The lowest BCUT2D eigenvalue weighted by Gasteiger charge is -2.21. The van der Waals surface area contributed by atoms with Crippen molar-refractivity contribution in [1.29, 1.82) is 0 Å². The van der Waals surface area contributed by atoms with Crippen LogP contribution in [-0.2, 0) is 16.0 Å². The minimum atomic E-state index is 0.390. The van der Waals surface area contributed by atoms with Gasteiger partial charge in [0.05, 0.1) is 33.5 Å². The highest BCUT2D eigenvalue weighted by molar-refractivity contribution is 5.43. The topological polar surface area (TPSA) is 114 Å². The van der Waals surface area contributed by atoms with Crippen LogP contribution in [0, 0.1) is 0 Å². The molecule has 1 fully saturated rings. The molecule has 0 saturated heterocycles. The van der Waals surface area contributed by atoms with E-state index in [-0.39, 0.29) is 0 Å². The number of hydrogen-bond donors (Lipinski definition) is 4. The van der Waals surface area contributed by atoms with Gasteiger partial charge >= 0.3 is 0 Å². The average molecular weight is 502 g/mol. The molecule has 1 heterocycles. The Bertz CT molecular complexity index is 846. The smallest absolute Gasteiger partial charge is 0.229 e. The first-order valence-corrected chi connectivity index (χ1v) is 13.2. The van der Waals surface area contributed by atoms with Gasteiger partial charge in [-0.25, -0.2) is 0 Å². The molecule has 1 aromatic heterocycles. The Balaban J connectivity index is 1.55. The lowest BCUT2D eigenvalue weighted by Crippen LogP contribution is -2.23. The number of nitrogens with one attached hydrogen (secondary N) is 4. The lowest BCUT2D eigenvalue weighted by atomic mass is 9.97. The summed E-state index contributed by atoms with van der Waals surface area (Å²) in [5, 5.41) is 13.2. The Morgan fingerprint density at radius 1 is 0.750 bits per heavy atom. The van der Waals surface area contributed by atoms with E-state index in [4.69, 9.17) is 14.2 Å². The summed E-state index contributed by atoms with van der Waals surface area (Å²) in [5.74, 6) is 2.51. The molecule has 0 atom stereocenters. The van der Waals surface area contributed by atoms with Gasteiger partial charge in [-0.3, -0.25) is 0 Å². The fourth-order valence-corrected chi connectivity index (χ4v) is 4.04. The molecule has 36 heavy (non-hydrogen) atoms. The summed E-state index contributed by atoms with van der Waals surface area (Å²) in [6.07, 6.45) is 8.73. The van der Waals surface area contributed by atoms with Crippen molar-refractivity contribution in [3.05, 3.63) is 29.8 Å². The molecule has 2 aromatic rings. The number of hydrogen-bond acceptors (Lipinski definition) is 10. The van der Waals surface area contributed by atoms with Crippen molar-refractivity contribution in [3.8, 4) is 5.75 Å². The van der Waals surface area contributed by atoms with Crippen molar-refractivity contribution < 1.29 is 14.2 Å². The molecule has 0 unspecified atom stereocenters. The van der Waals surface area contributed by atoms with Crippen LogP contribution in [0.25, 0.3) is 0 Å². The Kier molecular flexibility index (Phi) is 13.1. The number of benzene rings is 1. The Labute approximate surface area is 215 Å². The molecule has 0 bridgehead atoms. The molecule has 0 amide bonds. The summed E-state index contributed by atoms with van der Waals surface area (Å²) in [6, 6.07) is 8.34. The second-order valence-electron chi connectivity index (χ2n) is 8.95. The van der Waals surface area contributed by atoms with E-state index in [1.54, 1.807) is 7.11 Å². The van der Waals surface area contributed by atoms with Gasteiger partial charge in [0, 0.05) is 25.7 Å². The van der Waals surface area contributed by atoms with Crippen molar-refractivity contribution in [3.63, 3.8) is 0 Å². The summed E-state index contributed by atoms with van der Waals surface area (Å²) in [7, 11) is 3.58. The van der Waals surface area contributed by atoms with Crippen molar-refractivity contribution in [2.24, 2.45) is 0 Å². The second kappa shape index (κ2) is 16.9. The fraction of sp³-hybridized carbons (Fsp3) is 0.654. The number of nitrogens with zero attached hydrogens (tertiary/aromatic N) is 3. The van der Waals surface area contributed by atoms with Crippen molar-refractivity contribution in [2.75, 3.05) is 69.6 Å². The molecular weight excluding hydrogens is 458 g/mol. The summed E-state index contributed by atoms with van der Waals surface area (Å²) in [5.41, 5.74) is 1.12. The van der Waals surface area contributed by atoms with Gasteiger partial charge in [-0.1, -0.05) is 44.2 Å². The maximum atomic E-state index is 5.65. The minimum absolute atomic E-state index is 0.390. The molecule has 10 heteroatoms. The van der Waals surface area contributed by atoms with E-state index in [0.29, 0.717) is 63.4 Å². The predicted octanol–water partition coefficient (Wildman–Crippen LogP) is 3.68. The van der Waals surface area contributed by atoms with Crippen LogP contribution in [0.15, 0.2) is 24.3 Å². The quantitative estimate of drug-likeness (QED) is 0.254. The highest BCUT2D eigenvalue weighted by Crippen LogP contribution is 2.21. The third-order valence-electron chi connectivity index (χ3n) is 6.08. The Morgan fingerprint density at radius 2 is 1.36 bits per heavy atom. The zero-order valence-corrected chi connectivity index (χ0v) is 21.9. The van der Waals surface area contributed by atoms with Crippen LogP contribution in [-0.4, -0.2) is 74.7 Å². The second-order valence-corrected chi connectivity index (χ2v) is 8.95. The van der Waals surface area contributed by atoms with E-state index in [1.807, 2.05) is 31.3 Å². The van der Waals surface area contributed by atoms with E-state index < -0.39 is 0 Å². The Morgan fingerprint density at radius 3 is 2.03 bits per heavy atom. The van der Waals surface area contributed by atoms with Gasteiger partial charge in [0.25, 0.3) is 0 Å². The van der Waals surface area contributed by atoms with Gasteiger partial charge in [0.1, 0.15) is 5.75 Å². The fourth-order valence-electron chi connectivity index (χ4n) is 4.04. The number of anilines is 3. The average Bonchev–Trinajstić information content (AvgIpc) is 2.88. The normalized spacial score (nSPS) is 14.6. The standard InChI is InChI=1S/C26H43N7O3/c1-27-14-16-35-18-19-36-17-15-28-24-31-25(29-20-21-10-12-23(34-2)13-11-21)33-26(32-24)30-22-8-6-4-3-5-7-9-22/h10-13,22,27H,3-9,14-20H2,1-2H3,(H3,28,29,30,31,32,33). The van der Waals surface area contributed by atoms with E-state index in [2.05, 4.69) is 36.2 Å². The molecular formula is C26H43N7O3. The largest absolute Gasteiger partial charge is 0.497 e. The van der Waals surface area contributed by atoms with E-state index in [1.165, 1.54) is 32.1 Å². The molecule has 1 saturated carbocycles. The van der Waals surface area contributed by atoms with E-state index in [9.17, 15) is 0 Å². The van der Waals surface area contributed by atoms with Gasteiger partial charge in [-0.2, -0.15) is 15.0 Å². The van der Waals surface area contributed by atoms with E-state index >= 15 is 0 Å². The van der Waals surface area contributed by atoms with Crippen LogP contribution in [0.4, 0.5) is 17.8 Å². The third-order valence-corrected chi connectivity index (χ3v) is 6.08. The molecule has 10 nitrogen and oxygen atoms in total. The monoisotopic (exact) mass is 501 g/mol. The number of rotatable bonds is 16. The number of aromatic nitrogens is 3. The lowest BCUT2D eigenvalue weighted by molar-refractivity contribution is 0.0531. The molecule has 1 aliphatic rings. The minimum Gasteiger partial charge on any atom is -0.497 e. The first-order valence-electron chi connectivity index (χ1n) is 13.2. The van der Waals surface area contributed by atoms with Gasteiger partial charge < -0.3 is 35.5 Å². The maximum Gasteiger partial charge on any atom is 0.229 e. The molecule has 4 N–H and O–H groups in total. The summed E-state index contributed by atoms with van der Waals surface area (Å²) in [4.78, 5) is 13.9. The number of likely N-dealkylation sites (N-methyl/N-ethyl adjacent to an activating group) is 1. The maximum absolute atomic E-state index is 5.65. The highest BCUT2D eigenvalue weighted by atomic mass is 16.5. The Hall–Kier alpha value is -2.69. The number of methoxy groups -OCH3 is 1. The van der Waals surface area contributed by atoms with Crippen LogP contribution in [0.5, 0.6) is 5.75 Å². The van der Waals surface area contributed by atoms with Crippen LogP contribution >= 0.6 is 0 Å². The van der Waals surface area contributed by atoms with E-state index in [0.717, 1.165) is 30.7 Å². The summed E-state index contributed by atoms with van der Waals surface area (Å²) >= 11 is 0. The molecule has 1 aliphatic carbocycles. The first-order chi connectivity index (χ1) is 17.8. The van der Waals surface area contributed by atoms with Crippen molar-refractivity contribution in [2.45, 2.75) is 57.5 Å².